The van der Waals surface area contributed by atoms with Gasteiger partial charge in [0.05, 0.1) is 17.6 Å². The summed E-state index contributed by atoms with van der Waals surface area (Å²) < 4.78 is 5.22. The molecule has 0 fully saturated rings. The number of hydrogen-bond donors (Lipinski definition) is 0. The largest absolute Gasteiger partial charge is 0.496 e. The maximum atomic E-state index is 12.7. The maximum absolute atomic E-state index is 12.7. The van der Waals surface area contributed by atoms with E-state index in [1.807, 2.05) is 12.1 Å². The van der Waals surface area contributed by atoms with Gasteiger partial charge in [0.15, 0.2) is 5.78 Å². The number of methoxy groups -OCH3 is 1. The van der Waals surface area contributed by atoms with Crippen LogP contribution in [0.15, 0.2) is 58.3 Å². The third kappa shape index (κ3) is 2.67. The molecule has 0 spiro atoms. The van der Waals surface area contributed by atoms with Crippen molar-refractivity contribution in [3.63, 3.8) is 0 Å². The van der Waals surface area contributed by atoms with Gasteiger partial charge in [0.25, 0.3) is 0 Å². The number of ketones is 2. The SMILES string of the molecule is COc1cccc2c1C(=O)C(Sc1ccc(Cl)cc1)=CC2=O. The number of rotatable bonds is 3. The van der Waals surface area contributed by atoms with Gasteiger partial charge in [-0.2, -0.15) is 0 Å². The van der Waals surface area contributed by atoms with Crippen molar-refractivity contribution in [2.24, 2.45) is 0 Å². The monoisotopic (exact) mass is 330 g/mol. The topological polar surface area (TPSA) is 43.4 Å². The van der Waals surface area contributed by atoms with Crippen LogP contribution in [-0.4, -0.2) is 18.7 Å². The first-order chi connectivity index (χ1) is 10.6. The highest BCUT2D eigenvalue weighted by Crippen LogP contribution is 2.37. The van der Waals surface area contributed by atoms with Gasteiger partial charge >= 0.3 is 0 Å². The summed E-state index contributed by atoms with van der Waals surface area (Å²) in [5.74, 6) is 0.0233. The van der Waals surface area contributed by atoms with Crippen LogP contribution in [0.5, 0.6) is 5.75 Å². The summed E-state index contributed by atoms with van der Waals surface area (Å²) in [4.78, 5) is 26.1. The second kappa shape index (κ2) is 5.99. The number of fused-ring (bicyclic) bond motifs is 1. The molecule has 0 aromatic heterocycles. The molecule has 0 atom stereocenters. The molecule has 0 bridgehead atoms. The molecule has 0 N–H and O–H groups in total. The van der Waals surface area contributed by atoms with Gasteiger partial charge in [-0.05, 0) is 30.3 Å². The van der Waals surface area contributed by atoms with E-state index in [0.29, 0.717) is 26.8 Å². The van der Waals surface area contributed by atoms with Crippen molar-refractivity contribution in [2.45, 2.75) is 4.90 Å². The molecule has 3 nitrogen and oxygen atoms in total. The summed E-state index contributed by atoms with van der Waals surface area (Å²) in [6.45, 7) is 0. The van der Waals surface area contributed by atoms with E-state index in [4.69, 9.17) is 16.3 Å². The Hall–Kier alpha value is -2.04. The molecule has 110 valence electrons. The van der Waals surface area contributed by atoms with Crippen LogP contribution in [0.1, 0.15) is 20.7 Å². The van der Waals surface area contributed by atoms with Crippen molar-refractivity contribution in [3.05, 3.63) is 69.6 Å². The Morgan fingerprint density at radius 1 is 1.05 bits per heavy atom. The Balaban J connectivity index is 1.99. The number of allylic oxidation sites excluding steroid dienone is 2. The first-order valence-electron chi connectivity index (χ1n) is 6.51. The fourth-order valence-electron chi connectivity index (χ4n) is 2.23. The van der Waals surface area contributed by atoms with Crippen LogP contribution < -0.4 is 4.74 Å². The number of carbonyl (C=O) groups excluding carboxylic acids is 2. The highest BCUT2D eigenvalue weighted by Gasteiger charge is 2.29. The van der Waals surface area contributed by atoms with E-state index in [1.54, 1.807) is 30.3 Å². The van der Waals surface area contributed by atoms with Crippen LogP contribution in [-0.2, 0) is 0 Å². The van der Waals surface area contributed by atoms with Gasteiger partial charge < -0.3 is 4.74 Å². The summed E-state index contributed by atoms with van der Waals surface area (Å²) in [6.07, 6.45) is 1.38. The van der Waals surface area contributed by atoms with Crippen molar-refractivity contribution in [1.29, 1.82) is 0 Å². The average Bonchev–Trinajstić information content (AvgIpc) is 2.53. The second-order valence-electron chi connectivity index (χ2n) is 4.64. The minimum Gasteiger partial charge on any atom is -0.496 e. The fourth-order valence-corrected chi connectivity index (χ4v) is 3.24. The number of thioether (sulfide) groups is 1. The predicted molar refractivity (Wildman–Crippen MR) is 87.0 cm³/mol. The zero-order valence-electron chi connectivity index (χ0n) is 11.6. The Kier molecular flexibility index (Phi) is 4.05. The van der Waals surface area contributed by atoms with E-state index in [2.05, 4.69) is 0 Å². The number of hydrogen-bond acceptors (Lipinski definition) is 4. The van der Waals surface area contributed by atoms with Crippen LogP contribution in [0.3, 0.4) is 0 Å². The van der Waals surface area contributed by atoms with Gasteiger partial charge in [-0.15, -0.1) is 0 Å². The molecule has 2 aromatic carbocycles. The van der Waals surface area contributed by atoms with Gasteiger partial charge in [-0.3, -0.25) is 9.59 Å². The minimum atomic E-state index is -0.202. The Bertz CT molecular complexity index is 794. The van der Waals surface area contributed by atoms with E-state index in [0.717, 1.165) is 4.90 Å². The lowest BCUT2D eigenvalue weighted by atomic mass is 9.94. The summed E-state index contributed by atoms with van der Waals surface area (Å²) in [7, 11) is 1.48. The van der Waals surface area contributed by atoms with Crippen molar-refractivity contribution in [2.75, 3.05) is 7.11 Å². The Morgan fingerprint density at radius 3 is 2.45 bits per heavy atom. The highest BCUT2D eigenvalue weighted by atomic mass is 35.5. The third-order valence-electron chi connectivity index (χ3n) is 3.27. The molecule has 22 heavy (non-hydrogen) atoms. The zero-order valence-corrected chi connectivity index (χ0v) is 13.2. The summed E-state index contributed by atoms with van der Waals surface area (Å²) in [5, 5.41) is 0.622. The maximum Gasteiger partial charge on any atom is 0.204 e. The van der Waals surface area contributed by atoms with Crippen LogP contribution in [0.2, 0.25) is 5.02 Å². The standard InChI is InChI=1S/C17H11ClO3S/c1-21-14-4-2-3-12-13(19)9-15(17(20)16(12)14)22-11-7-5-10(18)6-8-11/h2-9H,1H3. The molecule has 0 saturated heterocycles. The molecule has 1 aliphatic rings. The third-order valence-corrected chi connectivity index (χ3v) is 4.55. The lowest BCUT2D eigenvalue weighted by Crippen LogP contribution is -2.16. The summed E-state index contributed by atoms with van der Waals surface area (Å²) in [5.41, 5.74) is 0.707. The van der Waals surface area contributed by atoms with Crippen molar-refractivity contribution >= 4 is 34.9 Å². The smallest absolute Gasteiger partial charge is 0.204 e. The molecular formula is C17H11ClO3S. The van der Waals surface area contributed by atoms with E-state index in [9.17, 15) is 9.59 Å². The number of halogens is 1. The molecule has 0 aliphatic heterocycles. The molecule has 0 heterocycles. The summed E-state index contributed by atoms with van der Waals surface area (Å²) in [6, 6.07) is 12.1. The second-order valence-corrected chi connectivity index (χ2v) is 6.19. The number of Topliss-reactive ketones (excluding diaryl/α,β-unsaturated/α-hetero) is 1. The van der Waals surface area contributed by atoms with Gasteiger partial charge in [-0.25, -0.2) is 0 Å². The van der Waals surface area contributed by atoms with Gasteiger partial charge in [0.1, 0.15) is 5.75 Å². The highest BCUT2D eigenvalue weighted by molar-refractivity contribution is 8.04. The molecule has 0 amide bonds. The lowest BCUT2D eigenvalue weighted by molar-refractivity contribution is 0.0988. The van der Waals surface area contributed by atoms with Crippen LogP contribution in [0.4, 0.5) is 0 Å². The van der Waals surface area contributed by atoms with E-state index in [-0.39, 0.29) is 11.6 Å². The molecule has 5 heteroatoms. The van der Waals surface area contributed by atoms with Gasteiger partial charge in [-0.1, -0.05) is 35.5 Å². The number of carbonyl (C=O) groups is 2. The van der Waals surface area contributed by atoms with Crippen molar-refractivity contribution < 1.29 is 14.3 Å². The number of ether oxygens (including phenoxy) is 1. The molecule has 2 aromatic rings. The molecule has 0 radical (unpaired) electrons. The van der Waals surface area contributed by atoms with Crippen molar-refractivity contribution in [3.8, 4) is 5.75 Å². The van der Waals surface area contributed by atoms with E-state index in [1.165, 1.54) is 24.9 Å². The Labute approximate surface area is 136 Å². The molecule has 3 rings (SSSR count). The van der Waals surface area contributed by atoms with Crippen LogP contribution in [0.25, 0.3) is 0 Å². The minimum absolute atomic E-state index is 0.190. The molecular weight excluding hydrogens is 320 g/mol. The first kappa shape index (κ1) is 14.9. The first-order valence-corrected chi connectivity index (χ1v) is 7.71. The van der Waals surface area contributed by atoms with Crippen molar-refractivity contribution in [1.82, 2.24) is 0 Å². The Morgan fingerprint density at radius 2 is 1.77 bits per heavy atom. The summed E-state index contributed by atoms with van der Waals surface area (Å²) >= 11 is 7.10. The lowest BCUT2D eigenvalue weighted by Gasteiger charge is -2.17. The van der Waals surface area contributed by atoms with Crippen LogP contribution >= 0.6 is 23.4 Å². The predicted octanol–water partition coefficient (Wildman–Crippen LogP) is 4.40. The van der Waals surface area contributed by atoms with E-state index >= 15 is 0 Å². The van der Waals surface area contributed by atoms with E-state index < -0.39 is 0 Å². The average molecular weight is 331 g/mol. The zero-order chi connectivity index (χ0) is 15.7. The number of benzene rings is 2. The van der Waals surface area contributed by atoms with Gasteiger partial charge in [0, 0.05) is 21.6 Å². The molecule has 1 aliphatic carbocycles. The normalized spacial score (nSPS) is 13.6. The fraction of sp³-hybridized carbons (Fsp3) is 0.0588. The molecule has 0 saturated carbocycles. The quantitative estimate of drug-likeness (QED) is 0.836. The van der Waals surface area contributed by atoms with Crippen LogP contribution in [0, 0.1) is 0 Å². The van der Waals surface area contributed by atoms with Gasteiger partial charge in [0.2, 0.25) is 5.78 Å². The molecule has 0 unspecified atom stereocenters.